The van der Waals surface area contributed by atoms with E-state index in [1.807, 2.05) is 37.5 Å². The van der Waals surface area contributed by atoms with E-state index in [4.69, 9.17) is 0 Å². The summed E-state index contributed by atoms with van der Waals surface area (Å²) in [5, 5.41) is 3.24. The SMILES string of the molecule is C[C@@H]1C(=O)N2CCC[C@@H]2CN1Cc1cnc(NCc2ccccc2)nc1. The van der Waals surface area contributed by atoms with Gasteiger partial charge in [-0.05, 0) is 25.3 Å². The highest BCUT2D eigenvalue weighted by Gasteiger charge is 2.39. The number of piperazine rings is 1. The second-order valence-electron chi connectivity index (χ2n) is 7.19. The number of fused-ring (bicyclic) bond motifs is 1. The molecule has 2 aliphatic heterocycles. The van der Waals surface area contributed by atoms with E-state index in [1.165, 1.54) is 5.56 Å². The van der Waals surface area contributed by atoms with Crippen molar-refractivity contribution in [2.75, 3.05) is 18.4 Å². The number of amides is 1. The van der Waals surface area contributed by atoms with E-state index in [-0.39, 0.29) is 11.9 Å². The number of nitrogens with one attached hydrogen (secondary N) is 1. The zero-order chi connectivity index (χ0) is 17.9. The lowest BCUT2D eigenvalue weighted by Crippen LogP contribution is -2.58. The maximum Gasteiger partial charge on any atom is 0.239 e. The molecule has 0 bridgehead atoms. The highest BCUT2D eigenvalue weighted by Crippen LogP contribution is 2.26. The van der Waals surface area contributed by atoms with Gasteiger partial charge in [-0.2, -0.15) is 0 Å². The fourth-order valence-electron chi connectivity index (χ4n) is 3.88. The van der Waals surface area contributed by atoms with Crippen LogP contribution in [0, 0.1) is 0 Å². The molecule has 0 spiro atoms. The van der Waals surface area contributed by atoms with Crippen LogP contribution in [0.5, 0.6) is 0 Å². The molecule has 2 aromatic rings. The molecule has 4 rings (SSSR count). The molecule has 2 atom stereocenters. The Bertz CT molecular complexity index is 749. The molecule has 0 unspecified atom stereocenters. The van der Waals surface area contributed by atoms with Gasteiger partial charge in [-0.15, -0.1) is 0 Å². The summed E-state index contributed by atoms with van der Waals surface area (Å²) in [6.07, 6.45) is 5.97. The summed E-state index contributed by atoms with van der Waals surface area (Å²) in [4.78, 5) is 25.7. The molecular weight excluding hydrogens is 326 g/mol. The van der Waals surface area contributed by atoms with Crippen molar-refractivity contribution in [2.24, 2.45) is 0 Å². The first-order chi connectivity index (χ1) is 12.7. The van der Waals surface area contributed by atoms with Gasteiger partial charge in [0.05, 0.1) is 6.04 Å². The first-order valence-electron chi connectivity index (χ1n) is 9.34. The van der Waals surface area contributed by atoms with Crippen LogP contribution in [0.1, 0.15) is 30.9 Å². The summed E-state index contributed by atoms with van der Waals surface area (Å²) >= 11 is 0. The molecule has 6 nitrogen and oxygen atoms in total. The Morgan fingerprint density at radius 2 is 1.92 bits per heavy atom. The van der Waals surface area contributed by atoms with Gasteiger partial charge in [-0.25, -0.2) is 9.97 Å². The maximum atomic E-state index is 12.5. The molecule has 1 aromatic carbocycles. The minimum absolute atomic E-state index is 0.0692. The highest BCUT2D eigenvalue weighted by atomic mass is 16.2. The second-order valence-corrected chi connectivity index (χ2v) is 7.19. The molecule has 26 heavy (non-hydrogen) atoms. The van der Waals surface area contributed by atoms with E-state index in [9.17, 15) is 4.79 Å². The molecule has 1 N–H and O–H groups in total. The molecule has 2 saturated heterocycles. The third-order valence-corrected chi connectivity index (χ3v) is 5.40. The summed E-state index contributed by atoms with van der Waals surface area (Å²) in [7, 11) is 0. The van der Waals surface area contributed by atoms with Crippen molar-refractivity contribution in [1.82, 2.24) is 19.8 Å². The van der Waals surface area contributed by atoms with Crippen LogP contribution in [0.2, 0.25) is 0 Å². The van der Waals surface area contributed by atoms with Crippen molar-refractivity contribution in [2.45, 2.75) is 44.9 Å². The van der Waals surface area contributed by atoms with E-state index >= 15 is 0 Å². The number of hydrogen-bond donors (Lipinski definition) is 1. The topological polar surface area (TPSA) is 61.4 Å². The minimum Gasteiger partial charge on any atom is -0.350 e. The molecule has 2 aliphatic rings. The lowest BCUT2D eigenvalue weighted by Gasteiger charge is -2.41. The Morgan fingerprint density at radius 3 is 2.69 bits per heavy atom. The van der Waals surface area contributed by atoms with Crippen LogP contribution in [-0.4, -0.2) is 50.8 Å². The van der Waals surface area contributed by atoms with Crippen LogP contribution in [0.4, 0.5) is 5.95 Å². The van der Waals surface area contributed by atoms with Gasteiger partial charge in [0.25, 0.3) is 0 Å². The Balaban J connectivity index is 1.36. The summed E-state index contributed by atoms with van der Waals surface area (Å²) in [5.74, 6) is 0.892. The Morgan fingerprint density at radius 1 is 1.15 bits per heavy atom. The smallest absolute Gasteiger partial charge is 0.239 e. The van der Waals surface area contributed by atoms with E-state index in [2.05, 4.69) is 37.2 Å². The van der Waals surface area contributed by atoms with Crippen LogP contribution in [-0.2, 0) is 17.9 Å². The standard InChI is InChI=1S/C20H25N5O/c1-15-19(26)25-9-5-8-18(25)14-24(15)13-17-11-22-20(23-12-17)21-10-16-6-3-2-4-7-16/h2-4,6-7,11-12,15,18H,5,8-10,13-14H2,1H3,(H,21,22,23)/t15-,18-/m1/s1. The van der Waals surface area contributed by atoms with Crippen LogP contribution < -0.4 is 5.32 Å². The van der Waals surface area contributed by atoms with E-state index in [0.717, 1.165) is 38.0 Å². The normalized spacial score (nSPS) is 23.1. The predicted octanol–water partition coefficient (Wildman–Crippen LogP) is 2.28. The first kappa shape index (κ1) is 17.0. The van der Waals surface area contributed by atoms with Gasteiger partial charge in [0.15, 0.2) is 0 Å². The van der Waals surface area contributed by atoms with E-state index in [1.54, 1.807) is 0 Å². The van der Waals surface area contributed by atoms with Crippen LogP contribution in [0.15, 0.2) is 42.7 Å². The molecule has 136 valence electrons. The minimum atomic E-state index is -0.0692. The first-order valence-corrected chi connectivity index (χ1v) is 9.34. The van der Waals surface area contributed by atoms with Crippen molar-refractivity contribution in [3.05, 3.63) is 53.9 Å². The second kappa shape index (κ2) is 7.41. The van der Waals surface area contributed by atoms with Crippen molar-refractivity contribution >= 4 is 11.9 Å². The summed E-state index contributed by atoms with van der Waals surface area (Å²) < 4.78 is 0. The number of hydrogen-bond acceptors (Lipinski definition) is 5. The predicted molar refractivity (Wildman–Crippen MR) is 100 cm³/mol. The molecule has 0 saturated carbocycles. The summed E-state index contributed by atoms with van der Waals surface area (Å²) in [6.45, 7) is 5.30. The van der Waals surface area contributed by atoms with Gasteiger partial charge < -0.3 is 10.2 Å². The zero-order valence-corrected chi connectivity index (χ0v) is 15.1. The fraction of sp³-hybridized carbons (Fsp3) is 0.450. The summed E-state index contributed by atoms with van der Waals surface area (Å²) in [6, 6.07) is 10.5. The molecule has 1 amide bonds. The lowest BCUT2D eigenvalue weighted by molar-refractivity contribution is -0.143. The highest BCUT2D eigenvalue weighted by molar-refractivity contribution is 5.83. The zero-order valence-electron chi connectivity index (χ0n) is 15.1. The maximum absolute atomic E-state index is 12.5. The van der Waals surface area contributed by atoms with Gasteiger partial charge in [0, 0.05) is 50.2 Å². The third-order valence-electron chi connectivity index (χ3n) is 5.40. The van der Waals surface area contributed by atoms with Crippen LogP contribution >= 0.6 is 0 Å². The quantitative estimate of drug-likeness (QED) is 0.895. The number of carbonyl (C=O) groups is 1. The van der Waals surface area contributed by atoms with Crippen LogP contribution in [0.25, 0.3) is 0 Å². The fourth-order valence-corrected chi connectivity index (χ4v) is 3.88. The number of anilines is 1. The number of aromatic nitrogens is 2. The number of nitrogens with zero attached hydrogens (tertiary/aromatic N) is 4. The summed E-state index contributed by atoms with van der Waals surface area (Å²) in [5.41, 5.74) is 2.24. The van der Waals surface area contributed by atoms with Crippen molar-refractivity contribution < 1.29 is 4.79 Å². The molecule has 0 radical (unpaired) electrons. The van der Waals surface area contributed by atoms with Crippen LogP contribution in [0.3, 0.4) is 0 Å². The molecule has 0 aliphatic carbocycles. The molecule has 1 aromatic heterocycles. The Kier molecular flexibility index (Phi) is 4.84. The van der Waals surface area contributed by atoms with Gasteiger partial charge in [-0.3, -0.25) is 9.69 Å². The average molecular weight is 351 g/mol. The average Bonchev–Trinajstić information content (AvgIpc) is 3.15. The molecule has 2 fully saturated rings. The molecular formula is C20H25N5O. The Labute approximate surface area is 154 Å². The largest absolute Gasteiger partial charge is 0.350 e. The Hall–Kier alpha value is -2.47. The van der Waals surface area contributed by atoms with Gasteiger partial charge in [0.2, 0.25) is 11.9 Å². The van der Waals surface area contributed by atoms with Crippen molar-refractivity contribution in [1.29, 1.82) is 0 Å². The van der Waals surface area contributed by atoms with Gasteiger partial charge >= 0.3 is 0 Å². The van der Waals surface area contributed by atoms with Crippen molar-refractivity contribution in [3.8, 4) is 0 Å². The molecule has 3 heterocycles. The molecule has 6 heteroatoms. The van der Waals surface area contributed by atoms with E-state index < -0.39 is 0 Å². The van der Waals surface area contributed by atoms with Gasteiger partial charge in [0.1, 0.15) is 0 Å². The number of benzene rings is 1. The van der Waals surface area contributed by atoms with E-state index in [0.29, 0.717) is 18.5 Å². The third kappa shape index (κ3) is 3.55. The lowest BCUT2D eigenvalue weighted by atomic mass is 10.1. The monoisotopic (exact) mass is 351 g/mol. The van der Waals surface area contributed by atoms with Gasteiger partial charge in [-0.1, -0.05) is 30.3 Å². The number of carbonyl (C=O) groups excluding carboxylic acids is 1. The number of rotatable bonds is 5. The van der Waals surface area contributed by atoms with Crippen molar-refractivity contribution in [3.63, 3.8) is 0 Å².